The van der Waals surface area contributed by atoms with E-state index >= 15 is 0 Å². The molecule has 158 valence electrons. The maximum Gasteiger partial charge on any atom is 0.242 e. The third-order valence-electron chi connectivity index (χ3n) is 5.43. The van der Waals surface area contributed by atoms with Gasteiger partial charge in [-0.1, -0.05) is 6.92 Å². The first kappa shape index (κ1) is 21.8. The molecule has 0 spiro atoms. The number of methoxy groups -OCH3 is 1. The molecular formula is C21H28N2O4S2. The Kier molecular flexibility index (Phi) is 6.97. The van der Waals surface area contributed by atoms with Crippen molar-refractivity contribution < 1.29 is 17.9 Å². The topological polar surface area (TPSA) is 66.9 Å². The van der Waals surface area contributed by atoms with Crippen molar-refractivity contribution in [2.75, 3.05) is 27.2 Å². The Hall–Kier alpha value is -1.90. The quantitative estimate of drug-likeness (QED) is 0.633. The lowest BCUT2D eigenvalue weighted by molar-refractivity contribution is -0.134. The number of fused-ring (bicyclic) bond motifs is 1. The number of thiophene rings is 1. The predicted molar refractivity (Wildman–Crippen MR) is 115 cm³/mol. The van der Waals surface area contributed by atoms with Crippen molar-refractivity contribution in [2.45, 2.75) is 43.5 Å². The van der Waals surface area contributed by atoms with Crippen LogP contribution in [-0.4, -0.2) is 50.8 Å². The van der Waals surface area contributed by atoms with E-state index in [1.807, 2.05) is 4.90 Å². The van der Waals surface area contributed by atoms with Crippen LogP contribution in [0.15, 0.2) is 40.6 Å². The highest BCUT2D eigenvalue weighted by Gasteiger charge is 2.30. The minimum atomic E-state index is -3.58. The van der Waals surface area contributed by atoms with E-state index < -0.39 is 10.0 Å². The van der Waals surface area contributed by atoms with Gasteiger partial charge in [-0.3, -0.25) is 4.79 Å². The van der Waals surface area contributed by atoms with Gasteiger partial charge in [0.15, 0.2) is 0 Å². The third kappa shape index (κ3) is 4.65. The molecule has 1 aliphatic heterocycles. The second kappa shape index (κ2) is 9.28. The molecule has 0 bridgehead atoms. The molecule has 1 amide bonds. The number of carbonyl (C=O) groups is 1. The number of benzene rings is 1. The van der Waals surface area contributed by atoms with Gasteiger partial charge in [0.2, 0.25) is 15.9 Å². The molecule has 1 aromatic carbocycles. The van der Waals surface area contributed by atoms with Crippen molar-refractivity contribution in [3.8, 4) is 5.75 Å². The van der Waals surface area contributed by atoms with Gasteiger partial charge in [-0.05, 0) is 60.5 Å². The van der Waals surface area contributed by atoms with Crippen molar-refractivity contribution >= 4 is 27.3 Å². The highest BCUT2D eigenvalue weighted by atomic mass is 32.2. The van der Waals surface area contributed by atoms with E-state index in [1.54, 1.807) is 30.5 Å². The first-order valence-corrected chi connectivity index (χ1v) is 12.2. The number of ether oxygens (including phenoxy) is 1. The fourth-order valence-electron chi connectivity index (χ4n) is 3.78. The van der Waals surface area contributed by atoms with Gasteiger partial charge in [-0.15, -0.1) is 11.3 Å². The van der Waals surface area contributed by atoms with Gasteiger partial charge in [0.05, 0.1) is 18.0 Å². The van der Waals surface area contributed by atoms with Crippen LogP contribution in [0, 0.1) is 0 Å². The third-order valence-corrected chi connectivity index (χ3v) is 8.30. The highest BCUT2D eigenvalue weighted by Crippen LogP contribution is 2.35. The van der Waals surface area contributed by atoms with Crippen molar-refractivity contribution in [3.05, 3.63) is 46.2 Å². The maximum atomic E-state index is 12.8. The zero-order valence-electron chi connectivity index (χ0n) is 17.1. The average Bonchev–Trinajstić information content (AvgIpc) is 3.21. The Bertz CT molecular complexity index is 938. The number of sulfonamides is 1. The SMILES string of the molecule is CC[C@@H]1c2ccsc2CCN1C(=O)CCCN(C)S(=O)(=O)c1ccc(OC)cc1. The minimum Gasteiger partial charge on any atom is -0.497 e. The summed E-state index contributed by atoms with van der Waals surface area (Å²) in [6.45, 7) is 3.15. The highest BCUT2D eigenvalue weighted by molar-refractivity contribution is 7.89. The zero-order valence-corrected chi connectivity index (χ0v) is 18.8. The Morgan fingerprint density at radius 2 is 2.00 bits per heavy atom. The van der Waals surface area contributed by atoms with Gasteiger partial charge in [0, 0.05) is 31.4 Å². The molecule has 0 fully saturated rings. The maximum absolute atomic E-state index is 12.8. The summed E-state index contributed by atoms with van der Waals surface area (Å²) >= 11 is 1.76. The molecule has 2 heterocycles. The number of nitrogens with zero attached hydrogens (tertiary/aromatic N) is 2. The van der Waals surface area contributed by atoms with E-state index in [0.717, 1.165) is 19.4 Å². The lowest BCUT2D eigenvalue weighted by atomic mass is 9.97. The summed E-state index contributed by atoms with van der Waals surface area (Å²) in [6, 6.07) is 8.59. The molecule has 0 N–H and O–H groups in total. The molecule has 3 rings (SSSR count). The smallest absolute Gasteiger partial charge is 0.242 e. The molecule has 1 atom stereocenters. The molecule has 0 saturated heterocycles. The predicted octanol–water partition coefficient (Wildman–Crippen LogP) is 3.69. The second-order valence-electron chi connectivity index (χ2n) is 7.17. The van der Waals surface area contributed by atoms with Crippen LogP contribution in [0.1, 0.15) is 42.7 Å². The van der Waals surface area contributed by atoms with E-state index in [-0.39, 0.29) is 16.8 Å². The summed E-state index contributed by atoms with van der Waals surface area (Å²) in [4.78, 5) is 16.4. The molecule has 8 heteroatoms. The summed E-state index contributed by atoms with van der Waals surface area (Å²) in [7, 11) is -0.488. The number of rotatable bonds is 8. The fourth-order valence-corrected chi connectivity index (χ4v) is 5.92. The van der Waals surface area contributed by atoms with Crippen LogP contribution >= 0.6 is 11.3 Å². The minimum absolute atomic E-state index is 0.101. The van der Waals surface area contributed by atoms with Gasteiger partial charge in [-0.2, -0.15) is 0 Å². The van der Waals surface area contributed by atoms with Crippen LogP contribution in [0.2, 0.25) is 0 Å². The van der Waals surface area contributed by atoms with Gasteiger partial charge >= 0.3 is 0 Å². The van der Waals surface area contributed by atoms with Gasteiger partial charge in [0.25, 0.3) is 0 Å². The molecule has 0 radical (unpaired) electrons. The van der Waals surface area contributed by atoms with Crippen LogP contribution in [0.4, 0.5) is 0 Å². The summed E-state index contributed by atoms with van der Waals surface area (Å²) in [5.41, 5.74) is 1.27. The largest absolute Gasteiger partial charge is 0.497 e. The Balaban J connectivity index is 1.56. The molecule has 0 aliphatic carbocycles. The normalized spacial score (nSPS) is 16.7. The van der Waals surface area contributed by atoms with Crippen molar-refractivity contribution in [3.63, 3.8) is 0 Å². The van der Waals surface area contributed by atoms with Crippen LogP contribution in [0.5, 0.6) is 5.75 Å². The van der Waals surface area contributed by atoms with Gasteiger partial charge < -0.3 is 9.64 Å². The van der Waals surface area contributed by atoms with E-state index in [2.05, 4.69) is 18.4 Å². The number of carbonyl (C=O) groups excluding carboxylic acids is 1. The molecule has 1 aliphatic rings. The molecule has 0 saturated carbocycles. The fraction of sp³-hybridized carbons (Fsp3) is 0.476. The number of hydrogen-bond donors (Lipinski definition) is 0. The first-order chi connectivity index (χ1) is 13.9. The lowest BCUT2D eigenvalue weighted by Crippen LogP contribution is -2.39. The molecular weight excluding hydrogens is 408 g/mol. The van der Waals surface area contributed by atoms with Crippen LogP contribution in [0.3, 0.4) is 0 Å². The monoisotopic (exact) mass is 436 g/mol. The number of hydrogen-bond acceptors (Lipinski definition) is 5. The van der Waals surface area contributed by atoms with Crippen LogP contribution in [-0.2, 0) is 21.2 Å². The standard InChI is InChI=1S/C21H28N2O4S2/c1-4-19-18-12-15-28-20(18)11-14-23(19)21(24)6-5-13-22(2)29(25,26)17-9-7-16(27-3)8-10-17/h7-10,12,15,19H,4-6,11,13-14H2,1-3H3/t19-/m1/s1. The Morgan fingerprint density at radius 1 is 1.28 bits per heavy atom. The molecule has 29 heavy (non-hydrogen) atoms. The van der Waals surface area contributed by atoms with E-state index in [9.17, 15) is 13.2 Å². The van der Waals surface area contributed by atoms with Crippen LogP contribution in [0.25, 0.3) is 0 Å². The van der Waals surface area contributed by atoms with Crippen LogP contribution < -0.4 is 4.74 Å². The molecule has 1 aromatic heterocycles. The Morgan fingerprint density at radius 3 is 2.66 bits per heavy atom. The first-order valence-electron chi connectivity index (χ1n) is 9.84. The summed E-state index contributed by atoms with van der Waals surface area (Å²) in [5.74, 6) is 0.710. The van der Waals surface area contributed by atoms with E-state index in [4.69, 9.17) is 4.74 Å². The van der Waals surface area contributed by atoms with Crippen molar-refractivity contribution in [2.24, 2.45) is 0 Å². The second-order valence-corrected chi connectivity index (χ2v) is 10.2. The van der Waals surface area contributed by atoms with Gasteiger partial charge in [0.1, 0.15) is 5.75 Å². The zero-order chi connectivity index (χ0) is 21.0. The van der Waals surface area contributed by atoms with Gasteiger partial charge in [-0.25, -0.2) is 12.7 Å². The molecule has 6 nitrogen and oxygen atoms in total. The average molecular weight is 437 g/mol. The van der Waals surface area contributed by atoms with E-state index in [0.29, 0.717) is 25.1 Å². The van der Waals surface area contributed by atoms with Crippen molar-refractivity contribution in [1.29, 1.82) is 0 Å². The lowest BCUT2D eigenvalue weighted by Gasteiger charge is -2.35. The van der Waals surface area contributed by atoms with E-state index in [1.165, 1.54) is 34.0 Å². The summed E-state index contributed by atoms with van der Waals surface area (Å²) < 4.78 is 31.8. The molecule has 2 aromatic rings. The summed E-state index contributed by atoms with van der Waals surface area (Å²) in [5, 5.41) is 2.10. The van der Waals surface area contributed by atoms with Crippen molar-refractivity contribution in [1.82, 2.24) is 9.21 Å². The molecule has 0 unspecified atom stereocenters. The number of amides is 1. The summed E-state index contributed by atoms with van der Waals surface area (Å²) in [6.07, 6.45) is 2.63. The Labute approximate surface area is 177 Å².